The molecule has 0 unspecified atom stereocenters. The van der Waals surface area contributed by atoms with Crippen molar-refractivity contribution >= 4 is 5.82 Å². The highest BCUT2D eigenvalue weighted by atomic mass is 16.1. The van der Waals surface area contributed by atoms with Gasteiger partial charge in [0.1, 0.15) is 5.82 Å². The van der Waals surface area contributed by atoms with Crippen LogP contribution >= 0.6 is 0 Å². The summed E-state index contributed by atoms with van der Waals surface area (Å²) in [4.78, 5) is 13.2. The van der Waals surface area contributed by atoms with Crippen LogP contribution in [0.3, 0.4) is 0 Å². The molecule has 2 aromatic rings. The van der Waals surface area contributed by atoms with E-state index in [1.807, 2.05) is 30.3 Å². The number of nitriles is 1. The van der Waals surface area contributed by atoms with Crippen molar-refractivity contribution < 1.29 is 0 Å². The number of H-pyrrole nitrogens is 1. The Balaban J connectivity index is 1.79. The Bertz CT molecular complexity index is 689. The highest BCUT2D eigenvalue weighted by molar-refractivity contribution is 5.41. The topological polar surface area (TPSA) is 72.8 Å². The molecule has 0 atom stereocenters. The maximum absolute atomic E-state index is 11.1. The summed E-state index contributed by atoms with van der Waals surface area (Å²) >= 11 is 0. The van der Waals surface area contributed by atoms with Crippen LogP contribution in [0, 0.1) is 11.3 Å². The molecule has 1 N–H and O–H groups in total. The van der Waals surface area contributed by atoms with Gasteiger partial charge in [-0.3, -0.25) is 4.79 Å². The molecule has 1 aromatic heterocycles. The Kier molecular flexibility index (Phi) is 3.44. The van der Waals surface area contributed by atoms with Gasteiger partial charge in [-0.05, 0) is 24.5 Å². The maximum Gasteiger partial charge on any atom is 0.264 e. The second-order valence-electron chi connectivity index (χ2n) is 5.33. The van der Waals surface area contributed by atoms with E-state index in [9.17, 15) is 10.1 Å². The lowest BCUT2D eigenvalue weighted by atomic mass is 9.74. The van der Waals surface area contributed by atoms with Crippen LogP contribution in [0.15, 0.2) is 47.3 Å². The average molecular weight is 280 g/mol. The van der Waals surface area contributed by atoms with Gasteiger partial charge >= 0.3 is 0 Å². The number of hydrogen-bond donors (Lipinski definition) is 1. The monoisotopic (exact) mass is 280 g/mol. The summed E-state index contributed by atoms with van der Waals surface area (Å²) in [5.41, 5.74) is 0.466. The molecule has 1 aromatic carbocycles. The summed E-state index contributed by atoms with van der Waals surface area (Å²) in [5, 5.41) is 16.2. The Morgan fingerprint density at radius 3 is 2.43 bits per heavy atom. The summed E-state index contributed by atoms with van der Waals surface area (Å²) in [7, 11) is 0. The van der Waals surface area contributed by atoms with Gasteiger partial charge in [0.05, 0.1) is 11.5 Å². The van der Waals surface area contributed by atoms with E-state index in [2.05, 4.69) is 21.2 Å². The number of hydrogen-bond acceptors (Lipinski definition) is 4. The zero-order valence-electron chi connectivity index (χ0n) is 11.6. The van der Waals surface area contributed by atoms with Crippen molar-refractivity contribution in [2.75, 3.05) is 18.0 Å². The van der Waals surface area contributed by atoms with Crippen molar-refractivity contribution in [3.63, 3.8) is 0 Å². The molecular weight excluding hydrogens is 264 g/mol. The molecule has 5 heteroatoms. The van der Waals surface area contributed by atoms with Crippen LogP contribution in [0.1, 0.15) is 18.4 Å². The van der Waals surface area contributed by atoms with Crippen molar-refractivity contribution in [2.45, 2.75) is 18.3 Å². The van der Waals surface area contributed by atoms with Crippen LogP contribution < -0.4 is 10.5 Å². The Morgan fingerprint density at radius 1 is 1.14 bits per heavy atom. The SMILES string of the molecule is N#CC1(c2ccccc2)CCN(c2ccc(=O)[nH]n2)CC1. The third-order valence-corrected chi connectivity index (χ3v) is 4.15. The summed E-state index contributed by atoms with van der Waals surface area (Å²) in [6, 6.07) is 15.7. The molecule has 3 rings (SSSR count). The summed E-state index contributed by atoms with van der Waals surface area (Å²) < 4.78 is 0. The van der Waals surface area contributed by atoms with Gasteiger partial charge in [0.2, 0.25) is 0 Å². The van der Waals surface area contributed by atoms with Gasteiger partial charge in [-0.15, -0.1) is 0 Å². The molecule has 0 saturated carbocycles. The number of rotatable bonds is 2. The first-order valence-electron chi connectivity index (χ1n) is 7.01. The number of piperidine rings is 1. The largest absolute Gasteiger partial charge is 0.355 e. The van der Waals surface area contributed by atoms with Gasteiger partial charge in [-0.1, -0.05) is 30.3 Å². The molecule has 1 fully saturated rings. The highest BCUT2D eigenvalue weighted by Gasteiger charge is 2.36. The molecular formula is C16H16N4O. The molecule has 1 aliphatic heterocycles. The van der Waals surface area contributed by atoms with E-state index < -0.39 is 5.41 Å². The molecule has 0 bridgehead atoms. The van der Waals surface area contributed by atoms with Gasteiger partial charge in [0, 0.05) is 19.2 Å². The Hall–Kier alpha value is -2.61. The molecule has 0 aliphatic carbocycles. The van der Waals surface area contributed by atoms with E-state index in [4.69, 9.17) is 0 Å². The van der Waals surface area contributed by atoms with Crippen LogP contribution in [0.2, 0.25) is 0 Å². The normalized spacial score (nSPS) is 17.2. The molecule has 0 radical (unpaired) electrons. The van der Waals surface area contributed by atoms with E-state index in [0.29, 0.717) is 0 Å². The van der Waals surface area contributed by atoms with Crippen LogP contribution in [0.4, 0.5) is 5.82 Å². The minimum atomic E-state index is -0.417. The summed E-state index contributed by atoms with van der Waals surface area (Å²) in [6.07, 6.45) is 1.52. The fourth-order valence-corrected chi connectivity index (χ4v) is 2.85. The molecule has 1 saturated heterocycles. The number of aromatic nitrogens is 2. The van der Waals surface area contributed by atoms with Crippen LogP contribution in [0.5, 0.6) is 0 Å². The lowest BCUT2D eigenvalue weighted by molar-refractivity contribution is 0.413. The molecule has 106 valence electrons. The predicted molar refractivity (Wildman–Crippen MR) is 80.0 cm³/mol. The smallest absolute Gasteiger partial charge is 0.264 e. The van der Waals surface area contributed by atoms with Crippen LogP contribution in [-0.2, 0) is 5.41 Å². The van der Waals surface area contributed by atoms with Crippen molar-refractivity contribution in [1.29, 1.82) is 5.26 Å². The fourth-order valence-electron chi connectivity index (χ4n) is 2.85. The van der Waals surface area contributed by atoms with Crippen molar-refractivity contribution in [3.05, 3.63) is 58.4 Å². The van der Waals surface area contributed by atoms with Gasteiger partial charge in [0.25, 0.3) is 5.56 Å². The van der Waals surface area contributed by atoms with E-state index in [1.165, 1.54) is 6.07 Å². The number of nitrogens with one attached hydrogen (secondary N) is 1. The summed E-state index contributed by atoms with van der Waals surface area (Å²) in [6.45, 7) is 1.50. The van der Waals surface area contributed by atoms with E-state index >= 15 is 0 Å². The second kappa shape index (κ2) is 5.41. The first kappa shape index (κ1) is 13.4. The Labute approximate surface area is 122 Å². The maximum atomic E-state index is 11.1. The quantitative estimate of drug-likeness (QED) is 0.911. The van der Waals surface area contributed by atoms with Crippen molar-refractivity contribution in [3.8, 4) is 6.07 Å². The van der Waals surface area contributed by atoms with E-state index in [0.717, 1.165) is 37.3 Å². The molecule has 2 heterocycles. The molecule has 0 amide bonds. The second-order valence-corrected chi connectivity index (χ2v) is 5.33. The third kappa shape index (κ3) is 2.52. The zero-order chi connectivity index (χ0) is 14.7. The predicted octanol–water partition coefficient (Wildman–Crippen LogP) is 1.83. The van der Waals surface area contributed by atoms with Crippen molar-refractivity contribution in [1.82, 2.24) is 10.2 Å². The van der Waals surface area contributed by atoms with Gasteiger partial charge in [0.15, 0.2) is 0 Å². The van der Waals surface area contributed by atoms with E-state index in [-0.39, 0.29) is 5.56 Å². The van der Waals surface area contributed by atoms with E-state index in [1.54, 1.807) is 6.07 Å². The van der Waals surface area contributed by atoms with Gasteiger partial charge in [-0.2, -0.15) is 10.4 Å². The Morgan fingerprint density at radius 2 is 1.86 bits per heavy atom. The first-order chi connectivity index (χ1) is 10.2. The molecule has 0 spiro atoms. The van der Waals surface area contributed by atoms with Crippen molar-refractivity contribution in [2.24, 2.45) is 0 Å². The highest BCUT2D eigenvalue weighted by Crippen LogP contribution is 2.35. The number of nitrogens with zero attached hydrogens (tertiary/aromatic N) is 3. The first-order valence-corrected chi connectivity index (χ1v) is 7.01. The average Bonchev–Trinajstić information content (AvgIpc) is 2.56. The fraction of sp³-hybridized carbons (Fsp3) is 0.312. The van der Waals surface area contributed by atoms with Crippen LogP contribution in [0.25, 0.3) is 0 Å². The van der Waals surface area contributed by atoms with Gasteiger partial charge in [-0.25, -0.2) is 5.10 Å². The number of anilines is 1. The standard InChI is InChI=1S/C16H16N4O/c17-12-16(13-4-2-1-3-5-13)8-10-20(11-9-16)14-6-7-15(21)19-18-14/h1-7H,8-11H2,(H,19,21). The summed E-state index contributed by atoms with van der Waals surface area (Å²) in [5.74, 6) is 0.759. The minimum absolute atomic E-state index is 0.202. The minimum Gasteiger partial charge on any atom is -0.355 e. The van der Waals surface area contributed by atoms with Crippen LogP contribution in [-0.4, -0.2) is 23.3 Å². The lowest BCUT2D eigenvalue weighted by Gasteiger charge is -2.38. The lowest BCUT2D eigenvalue weighted by Crippen LogP contribution is -2.42. The molecule has 21 heavy (non-hydrogen) atoms. The zero-order valence-corrected chi connectivity index (χ0v) is 11.6. The molecule has 5 nitrogen and oxygen atoms in total. The number of aromatic amines is 1. The third-order valence-electron chi connectivity index (χ3n) is 4.15. The van der Waals surface area contributed by atoms with Gasteiger partial charge < -0.3 is 4.90 Å². The number of benzene rings is 1. The molecule has 1 aliphatic rings.